The minimum Gasteiger partial charge on any atom is -0.289 e. The Labute approximate surface area is 148 Å². The fourth-order valence-electron chi connectivity index (χ4n) is 2.68. The topological polar surface area (TPSA) is 63.2 Å². The predicted octanol–water partition coefficient (Wildman–Crippen LogP) is 4.22. The molecule has 0 amide bonds. The van der Waals surface area contributed by atoms with Crippen molar-refractivity contribution in [3.8, 4) is 0 Å². The quantitative estimate of drug-likeness (QED) is 0.552. The summed E-state index contributed by atoms with van der Waals surface area (Å²) in [6, 6.07) is 20.6. The standard InChI is InChI=1S/C19H13NO3S2/c21-19-15-8-4-5-9-17(15)24-18-11-10-13(12-16(18)19)20-25(22,23)14-6-2-1-3-7-14/h1-12,20H. The lowest BCUT2D eigenvalue weighted by Gasteiger charge is -2.09. The number of hydrogen-bond donors (Lipinski definition) is 1. The van der Waals surface area contributed by atoms with Crippen molar-refractivity contribution in [1.82, 2.24) is 0 Å². The van der Waals surface area contributed by atoms with Crippen molar-refractivity contribution in [2.24, 2.45) is 0 Å². The molecule has 0 bridgehead atoms. The van der Waals surface area contributed by atoms with E-state index in [9.17, 15) is 13.2 Å². The summed E-state index contributed by atoms with van der Waals surface area (Å²) in [4.78, 5) is 12.9. The number of nitrogens with one attached hydrogen (secondary N) is 1. The van der Waals surface area contributed by atoms with E-state index in [1.165, 1.54) is 23.5 Å². The van der Waals surface area contributed by atoms with E-state index in [2.05, 4.69) is 4.72 Å². The maximum atomic E-state index is 12.7. The molecule has 6 heteroatoms. The van der Waals surface area contributed by atoms with Crippen molar-refractivity contribution in [3.63, 3.8) is 0 Å². The highest BCUT2D eigenvalue weighted by Gasteiger charge is 2.14. The Bertz CT molecular complexity index is 1250. The summed E-state index contributed by atoms with van der Waals surface area (Å²) in [5.74, 6) is 0. The zero-order chi connectivity index (χ0) is 17.4. The maximum absolute atomic E-state index is 12.7. The van der Waals surface area contributed by atoms with Crippen molar-refractivity contribution < 1.29 is 8.42 Å². The van der Waals surface area contributed by atoms with Crippen LogP contribution in [0.4, 0.5) is 5.69 Å². The molecule has 1 aromatic heterocycles. The summed E-state index contributed by atoms with van der Waals surface area (Å²) in [7, 11) is -3.69. The van der Waals surface area contributed by atoms with E-state index in [1.54, 1.807) is 42.5 Å². The van der Waals surface area contributed by atoms with Gasteiger partial charge < -0.3 is 0 Å². The van der Waals surface area contributed by atoms with Gasteiger partial charge in [0.05, 0.1) is 4.90 Å². The van der Waals surface area contributed by atoms with Gasteiger partial charge in [-0.25, -0.2) is 8.42 Å². The Kier molecular flexibility index (Phi) is 3.78. The average molecular weight is 367 g/mol. The van der Waals surface area contributed by atoms with Crippen molar-refractivity contribution in [2.45, 2.75) is 4.90 Å². The molecular formula is C19H13NO3S2. The van der Waals surface area contributed by atoms with Gasteiger partial charge in [-0.05, 0) is 42.5 Å². The highest BCUT2D eigenvalue weighted by atomic mass is 32.2. The lowest BCUT2D eigenvalue weighted by Crippen LogP contribution is -2.13. The van der Waals surface area contributed by atoms with Crippen LogP contribution in [-0.4, -0.2) is 8.42 Å². The molecule has 25 heavy (non-hydrogen) atoms. The first-order valence-electron chi connectivity index (χ1n) is 7.58. The third-order valence-corrected chi connectivity index (χ3v) is 6.43. The van der Waals surface area contributed by atoms with Gasteiger partial charge in [0.15, 0.2) is 5.43 Å². The number of rotatable bonds is 3. The maximum Gasteiger partial charge on any atom is 0.261 e. The van der Waals surface area contributed by atoms with Crippen LogP contribution in [0.5, 0.6) is 0 Å². The Morgan fingerprint density at radius 3 is 2.24 bits per heavy atom. The van der Waals surface area contributed by atoms with Crippen LogP contribution in [0.25, 0.3) is 20.2 Å². The van der Waals surface area contributed by atoms with Crippen molar-refractivity contribution >= 4 is 47.2 Å². The normalized spacial score (nSPS) is 11.7. The summed E-state index contributed by atoms with van der Waals surface area (Å²) >= 11 is 1.51. The summed E-state index contributed by atoms with van der Waals surface area (Å²) in [5, 5.41) is 1.15. The number of hydrogen-bond acceptors (Lipinski definition) is 4. The lowest BCUT2D eigenvalue weighted by atomic mass is 10.2. The molecule has 0 radical (unpaired) electrons. The first-order chi connectivity index (χ1) is 12.0. The summed E-state index contributed by atoms with van der Waals surface area (Å²) < 4.78 is 29.2. The van der Waals surface area contributed by atoms with Crippen molar-refractivity contribution in [2.75, 3.05) is 4.72 Å². The van der Waals surface area contributed by atoms with Crippen LogP contribution in [0.3, 0.4) is 0 Å². The molecule has 0 aliphatic carbocycles. The molecule has 0 aliphatic rings. The molecule has 4 rings (SSSR count). The van der Waals surface area contributed by atoms with E-state index in [0.29, 0.717) is 16.5 Å². The van der Waals surface area contributed by atoms with E-state index < -0.39 is 10.0 Å². The molecule has 124 valence electrons. The number of fused-ring (bicyclic) bond motifs is 2. The van der Waals surface area contributed by atoms with Gasteiger partial charge in [-0.2, -0.15) is 0 Å². The van der Waals surface area contributed by atoms with E-state index in [1.807, 2.05) is 18.2 Å². The first kappa shape index (κ1) is 15.8. The van der Waals surface area contributed by atoms with E-state index >= 15 is 0 Å². The smallest absolute Gasteiger partial charge is 0.261 e. The van der Waals surface area contributed by atoms with Crippen molar-refractivity contribution in [3.05, 3.63) is 83.0 Å². The van der Waals surface area contributed by atoms with Gasteiger partial charge in [-0.1, -0.05) is 30.3 Å². The minimum atomic E-state index is -3.69. The fraction of sp³-hybridized carbons (Fsp3) is 0. The fourth-order valence-corrected chi connectivity index (χ4v) is 4.80. The molecule has 0 atom stereocenters. The molecule has 0 saturated carbocycles. The predicted molar refractivity (Wildman–Crippen MR) is 103 cm³/mol. The molecular weight excluding hydrogens is 354 g/mol. The van der Waals surface area contributed by atoms with Gasteiger partial charge in [-0.15, -0.1) is 11.3 Å². The summed E-state index contributed by atoms with van der Waals surface area (Å²) in [5.41, 5.74) is 0.279. The molecule has 4 aromatic rings. The third kappa shape index (κ3) is 2.90. The van der Waals surface area contributed by atoms with Crippen LogP contribution in [0.2, 0.25) is 0 Å². The van der Waals surface area contributed by atoms with E-state index in [-0.39, 0.29) is 10.3 Å². The second kappa shape index (κ2) is 5.98. The van der Waals surface area contributed by atoms with Crippen molar-refractivity contribution in [1.29, 1.82) is 0 Å². The SMILES string of the molecule is O=c1c2ccccc2sc2ccc(NS(=O)(=O)c3ccccc3)cc12. The van der Waals surface area contributed by atoms with Crippen LogP contribution in [0.15, 0.2) is 82.5 Å². The number of anilines is 1. The highest BCUT2D eigenvalue weighted by molar-refractivity contribution is 7.92. The van der Waals surface area contributed by atoms with Gasteiger partial charge in [0.2, 0.25) is 0 Å². The van der Waals surface area contributed by atoms with Crippen LogP contribution in [0.1, 0.15) is 0 Å². The average Bonchev–Trinajstić information content (AvgIpc) is 2.63. The molecule has 4 nitrogen and oxygen atoms in total. The van der Waals surface area contributed by atoms with Crippen LogP contribution in [-0.2, 0) is 10.0 Å². The summed E-state index contributed by atoms with van der Waals surface area (Å²) in [6.45, 7) is 0. The van der Waals surface area contributed by atoms with E-state index in [4.69, 9.17) is 0 Å². The van der Waals surface area contributed by atoms with Gasteiger partial charge in [0.25, 0.3) is 10.0 Å². The second-order valence-corrected chi connectivity index (χ2v) is 8.32. The Balaban J connectivity index is 1.83. The van der Waals surface area contributed by atoms with Gasteiger partial charge in [0.1, 0.15) is 0 Å². The first-order valence-corrected chi connectivity index (χ1v) is 9.88. The zero-order valence-electron chi connectivity index (χ0n) is 13.0. The largest absolute Gasteiger partial charge is 0.289 e. The highest BCUT2D eigenvalue weighted by Crippen LogP contribution is 2.27. The zero-order valence-corrected chi connectivity index (χ0v) is 14.6. The number of sulfonamides is 1. The summed E-state index contributed by atoms with van der Waals surface area (Å²) in [6.07, 6.45) is 0. The van der Waals surface area contributed by atoms with Crippen LogP contribution < -0.4 is 10.2 Å². The monoisotopic (exact) mass is 367 g/mol. The molecule has 0 saturated heterocycles. The molecule has 0 spiro atoms. The Morgan fingerprint density at radius 2 is 1.44 bits per heavy atom. The molecule has 0 aliphatic heterocycles. The van der Waals surface area contributed by atoms with Crippen LogP contribution >= 0.6 is 11.3 Å². The van der Waals surface area contributed by atoms with Gasteiger partial charge >= 0.3 is 0 Å². The third-order valence-electron chi connectivity index (χ3n) is 3.88. The van der Waals surface area contributed by atoms with Gasteiger partial charge in [-0.3, -0.25) is 9.52 Å². The molecule has 1 N–H and O–H groups in total. The second-order valence-electron chi connectivity index (χ2n) is 5.56. The number of benzene rings is 3. The van der Waals surface area contributed by atoms with E-state index in [0.717, 1.165) is 9.40 Å². The molecule has 3 aromatic carbocycles. The molecule has 0 fully saturated rings. The Hall–Kier alpha value is -2.70. The van der Waals surface area contributed by atoms with Gasteiger partial charge in [0, 0.05) is 25.9 Å². The Morgan fingerprint density at radius 1 is 0.760 bits per heavy atom. The molecule has 0 unspecified atom stereocenters. The lowest BCUT2D eigenvalue weighted by molar-refractivity contribution is 0.601. The minimum absolute atomic E-state index is 0.0925. The van der Waals surface area contributed by atoms with Crippen LogP contribution in [0, 0.1) is 0 Å². The molecule has 1 heterocycles.